The van der Waals surface area contributed by atoms with Crippen LogP contribution in [0.3, 0.4) is 0 Å². The van der Waals surface area contributed by atoms with Gasteiger partial charge >= 0.3 is 0 Å². The van der Waals surface area contributed by atoms with E-state index in [1.54, 1.807) is 0 Å². The van der Waals surface area contributed by atoms with Gasteiger partial charge in [-0.25, -0.2) is 4.98 Å². The highest BCUT2D eigenvalue weighted by Crippen LogP contribution is 2.31. The molecule has 3 rings (SSSR count). The predicted octanol–water partition coefficient (Wildman–Crippen LogP) is 2.06. The third-order valence-electron chi connectivity index (χ3n) is 6.30. The van der Waals surface area contributed by atoms with Crippen molar-refractivity contribution in [1.29, 1.82) is 0 Å². The van der Waals surface area contributed by atoms with E-state index >= 15 is 0 Å². The van der Waals surface area contributed by atoms with E-state index in [1.807, 2.05) is 20.0 Å². The molecule has 1 aromatic rings. The van der Waals surface area contributed by atoms with Crippen molar-refractivity contribution >= 4 is 11.7 Å². The molecule has 0 spiro atoms. The Bertz CT molecular complexity index is 654. The van der Waals surface area contributed by atoms with E-state index in [2.05, 4.69) is 41.3 Å². The summed E-state index contributed by atoms with van der Waals surface area (Å²) >= 11 is 0. The largest absolute Gasteiger partial charge is 0.353 e. The molecule has 2 aliphatic heterocycles. The zero-order valence-corrected chi connectivity index (χ0v) is 16.8. The van der Waals surface area contributed by atoms with Gasteiger partial charge in [-0.1, -0.05) is 20.8 Å². The van der Waals surface area contributed by atoms with Crippen molar-refractivity contribution in [1.82, 2.24) is 20.6 Å². The van der Waals surface area contributed by atoms with E-state index in [-0.39, 0.29) is 17.4 Å². The summed E-state index contributed by atoms with van der Waals surface area (Å²) in [6.45, 7) is 14.1. The van der Waals surface area contributed by atoms with Crippen molar-refractivity contribution in [2.45, 2.75) is 53.5 Å². The number of aryl methyl sites for hydroxylation is 2. The first-order valence-electron chi connectivity index (χ1n) is 9.87. The number of rotatable bonds is 4. The summed E-state index contributed by atoms with van der Waals surface area (Å²) in [4.78, 5) is 24.5. The van der Waals surface area contributed by atoms with Gasteiger partial charge in [0.25, 0.3) is 0 Å². The molecule has 0 saturated carbocycles. The number of anilines is 1. The summed E-state index contributed by atoms with van der Waals surface area (Å²) in [6, 6.07) is 0.164. The van der Waals surface area contributed by atoms with Crippen LogP contribution in [0.4, 0.5) is 5.82 Å². The zero-order valence-electron chi connectivity index (χ0n) is 16.8. The van der Waals surface area contributed by atoms with Gasteiger partial charge < -0.3 is 15.5 Å². The lowest BCUT2D eigenvalue weighted by Gasteiger charge is -2.34. The lowest BCUT2D eigenvalue weighted by atomic mass is 9.79. The number of nitrogens with zero attached hydrogens (tertiary/aromatic N) is 3. The van der Waals surface area contributed by atoms with Crippen LogP contribution in [-0.2, 0) is 4.79 Å². The molecule has 2 atom stereocenters. The van der Waals surface area contributed by atoms with Gasteiger partial charge in [0.15, 0.2) is 0 Å². The number of hydrogen-bond donors (Lipinski definition) is 2. The first-order valence-corrected chi connectivity index (χ1v) is 9.87. The van der Waals surface area contributed by atoms with Gasteiger partial charge in [-0.05, 0) is 45.7 Å². The summed E-state index contributed by atoms with van der Waals surface area (Å²) in [6.07, 6.45) is 3.67. The Balaban J connectivity index is 1.73. The molecule has 0 radical (unpaired) electrons. The quantitative estimate of drug-likeness (QED) is 0.861. The Hall–Kier alpha value is -1.69. The fourth-order valence-electron chi connectivity index (χ4n) is 4.07. The van der Waals surface area contributed by atoms with Gasteiger partial charge in [-0.2, -0.15) is 0 Å². The first-order chi connectivity index (χ1) is 12.3. The van der Waals surface area contributed by atoms with Gasteiger partial charge in [-0.3, -0.25) is 9.78 Å². The van der Waals surface area contributed by atoms with Crippen LogP contribution in [0.25, 0.3) is 0 Å². The summed E-state index contributed by atoms with van der Waals surface area (Å²) in [5.74, 6) is 2.06. The Labute approximate surface area is 157 Å². The van der Waals surface area contributed by atoms with Crippen LogP contribution in [-0.4, -0.2) is 48.1 Å². The molecule has 1 aromatic heterocycles. The summed E-state index contributed by atoms with van der Waals surface area (Å²) in [5, 5.41) is 6.74. The van der Waals surface area contributed by atoms with Crippen LogP contribution < -0.4 is 15.5 Å². The van der Waals surface area contributed by atoms with Crippen molar-refractivity contribution in [2.24, 2.45) is 17.3 Å². The van der Waals surface area contributed by atoms with E-state index < -0.39 is 0 Å². The number of aromatic nitrogens is 2. The van der Waals surface area contributed by atoms with Crippen LogP contribution in [0, 0.1) is 31.1 Å². The second-order valence-electron chi connectivity index (χ2n) is 8.60. The van der Waals surface area contributed by atoms with Crippen LogP contribution in [0.1, 0.15) is 45.0 Å². The molecule has 0 aromatic carbocycles. The van der Waals surface area contributed by atoms with Gasteiger partial charge in [0.1, 0.15) is 5.82 Å². The number of amides is 1. The van der Waals surface area contributed by atoms with Crippen LogP contribution >= 0.6 is 0 Å². The summed E-state index contributed by atoms with van der Waals surface area (Å²) < 4.78 is 0. The second-order valence-corrected chi connectivity index (χ2v) is 8.60. The van der Waals surface area contributed by atoms with Crippen molar-refractivity contribution in [3.05, 3.63) is 17.6 Å². The number of carbonyl (C=O) groups is 1. The summed E-state index contributed by atoms with van der Waals surface area (Å²) in [5.41, 5.74) is 1.69. The highest BCUT2D eigenvalue weighted by atomic mass is 16.2. The third-order valence-corrected chi connectivity index (χ3v) is 6.30. The van der Waals surface area contributed by atoms with Crippen molar-refractivity contribution in [2.75, 3.05) is 31.1 Å². The molecule has 2 saturated heterocycles. The van der Waals surface area contributed by atoms with Gasteiger partial charge in [0.05, 0.1) is 23.6 Å². The molecule has 2 N–H and O–H groups in total. The Kier molecular flexibility index (Phi) is 5.51. The maximum absolute atomic E-state index is 13.0. The zero-order chi connectivity index (χ0) is 18.9. The van der Waals surface area contributed by atoms with Gasteiger partial charge in [0.2, 0.25) is 5.91 Å². The fourth-order valence-corrected chi connectivity index (χ4v) is 4.07. The SMILES string of the molecule is Cc1ncc(N2C[C@@H](NC(=O)C3(C)CCNCC3)[C@H](C(C)C)C2)nc1C. The van der Waals surface area contributed by atoms with Crippen molar-refractivity contribution < 1.29 is 4.79 Å². The minimum atomic E-state index is -0.250. The number of carbonyl (C=O) groups excluding carboxylic acids is 1. The molecule has 3 heterocycles. The molecule has 0 aliphatic carbocycles. The van der Waals surface area contributed by atoms with Gasteiger partial charge in [0, 0.05) is 24.4 Å². The minimum absolute atomic E-state index is 0.164. The van der Waals surface area contributed by atoms with E-state index in [4.69, 9.17) is 4.98 Å². The molecule has 6 nitrogen and oxygen atoms in total. The lowest BCUT2D eigenvalue weighted by Crippen LogP contribution is -2.51. The highest BCUT2D eigenvalue weighted by Gasteiger charge is 2.41. The molecule has 0 bridgehead atoms. The fraction of sp³-hybridized carbons (Fsp3) is 0.750. The molecular weight excluding hydrogens is 326 g/mol. The molecule has 144 valence electrons. The average molecular weight is 360 g/mol. The third kappa shape index (κ3) is 3.85. The minimum Gasteiger partial charge on any atom is -0.353 e. The maximum atomic E-state index is 13.0. The molecule has 2 fully saturated rings. The number of piperidine rings is 1. The molecule has 2 aliphatic rings. The van der Waals surface area contributed by atoms with Crippen molar-refractivity contribution in [3.8, 4) is 0 Å². The monoisotopic (exact) mass is 359 g/mol. The second kappa shape index (κ2) is 7.51. The summed E-state index contributed by atoms with van der Waals surface area (Å²) in [7, 11) is 0. The normalized spacial score (nSPS) is 25.5. The highest BCUT2D eigenvalue weighted by molar-refractivity contribution is 5.82. The predicted molar refractivity (Wildman–Crippen MR) is 104 cm³/mol. The van der Waals surface area contributed by atoms with Crippen LogP contribution in [0.5, 0.6) is 0 Å². The van der Waals surface area contributed by atoms with Crippen LogP contribution in [0.2, 0.25) is 0 Å². The topological polar surface area (TPSA) is 70.2 Å². The van der Waals surface area contributed by atoms with E-state index in [9.17, 15) is 4.79 Å². The Morgan fingerprint density at radius 2 is 1.96 bits per heavy atom. The van der Waals surface area contributed by atoms with E-state index in [1.165, 1.54) is 0 Å². The number of hydrogen-bond acceptors (Lipinski definition) is 5. The first kappa shape index (κ1) is 19.1. The number of nitrogens with one attached hydrogen (secondary N) is 2. The molecule has 6 heteroatoms. The molecule has 0 unspecified atom stereocenters. The van der Waals surface area contributed by atoms with Crippen molar-refractivity contribution in [3.63, 3.8) is 0 Å². The Morgan fingerprint density at radius 1 is 1.27 bits per heavy atom. The van der Waals surface area contributed by atoms with E-state index in [0.29, 0.717) is 11.8 Å². The Morgan fingerprint density at radius 3 is 2.58 bits per heavy atom. The molecule has 26 heavy (non-hydrogen) atoms. The van der Waals surface area contributed by atoms with E-state index in [0.717, 1.165) is 56.2 Å². The van der Waals surface area contributed by atoms with Crippen LogP contribution in [0.15, 0.2) is 6.20 Å². The standard InChI is InChI=1S/C20H33N5O/c1-13(2)16-11-25(18-10-22-14(3)15(4)23-18)12-17(16)24-19(26)20(5)6-8-21-9-7-20/h10,13,16-17,21H,6-9,11-12H2,1-5H3,(H,24,26)/t16-,17+/m0/s1. The van der Waals surface area contributed by atoms with Gasteiger partial charge in [-0.15, -0.1) is 0 Å². The smallest absolute Gasteiger partial charge is 0.226 e. The molecular formula is C20H33N5O. The maximum Gasteiger partial charge on any atom is 0.226 e. The molecule has 1 amide bonds. The average Bonchev–Trinajstić information content (AvgIpc) is 3.02. The lowest BCUT2D eigenvalue weighted by molar-refractivity contribution is -0.132.